The fourth-order valence-electron chi connectivity index (χ4n) is 9.40. The molecule has 0 atom stereocenters. The minimum atomic E-state index is 0.0566. The molecule has 2 aliphatic rings. The summed E-state index contributed by atoms with van der Waals surface area (Å²) in [5.41, 5.74) is 26.2. The van der Waals surface area contributed by atoms with E-state index >= 15 is 0 Å². The van der Waals surface area contributed by atoms with E-state index in [1.165, 1.54) is 100 Å². The predicted octanol–water partition coefficient (Wildman–Crippen LogP) is 15.8. The quantitative estimate of drug-likeness (QED) is 0.162. The molecule has 0 unspecified atom stereocenters. The zero-order valence-corrected chi connectivity index (χ0v) is 37.4. The second-order valence-corrected chi connectivity index (χ2v) is 21.9. The van der Waals surface area contributed by atoms with Crippen molar-refractivity contribution in [1.29, 1.82) is 0 Å². The molecule has 0 radical (unpaired) electrons. The van der Waals surface area contributed by atoms with Gasteiger partial charge in [-0.05, 0) is 135 Å². The van der Waals surface area contributed by atoms with Gasteiger partial charge in [0.2, 0.25) is 0 Å². The summed E-state index contributed by atoms with van der Waals surface area (Å²) < 4.78 is 0. The summed E-state index contributed by atoms with van der Waals surface area (Å²) in [6.45, 7) is 28.1. The van der Waals surface area contributed by atoms with E-state index in [-0.39, 0.29) is 21.7 Å². The van der Waals surface area contributed by atoms with E-state index in [1.54, 1.807) is 0 Å². The van der Waals surface area contributed by atoms with Gasteiger partial charge < -0.3 is 0 Å². The van der Waals surface area contributed by atoms with Crippen molar-refractivity contribution in [2.45, 2.75) is 129 Å². The highest BCUT2D eigenvalue weighted by Crippen LogP contribution is 2.50. The number of thioether (sulfide) groups is 1. The maximum atomic E-state index is 2.48. The van der Waals surface area contributed by atoms with Crippen LogP contribution in [0.25, 0.3) is 44.5 Å². The van der Waals surface area contributed by atoms with Crippen molar-refractivity contribution in [2.75, 3.05) is 0 Å². The third-order valence-electron chi connectivity index (χ3n) is 12.6. The lowest BCUT2D eigenvalue weighted by Gasteiger charge is -2.25. The third-order valence-corrected chi connectivity index (χ3v) is 13.6. The van der Waals surface area contributed by atoms with Gasteiger partial charge in [0, 0.05) is 11.5 Å². The number of hydrogen-bond donors (Lipinski definition) is 0. The summed E-state index contributed by atoms with van der Waals surface area (Å²) in [7, 11) is 0. The molecule has 0 heterocycles. The largest absolute Gasteiger partial charge is 0.152 e. The van der Waals surface area contributed by atoms with Crippen LogP contribution < -0.4 is 0 Å². The highest BCUT2D eigenvalue weighted by Gasteiger charge is 2.32. The van der Waals surface area contributed by atoms with E-state index in [0.717, 1.165) is 24.3 Å². The lowest BCUT2D eigenvalue weighted by Crippen LogP contribution is -2.13. The summed E-state index contributed by atoms with van der Waals surface area (Å²) in [6, 6.07) is 42.6. The molecule has 0 nitrogen and oxygen atoms in total. The Labute approximate surface area is 348 Å². The predicted molar refractivity (Wildman–Crippen MR) is 250 cm³/mol. The molecule has 0 fully saturated rings. The van der Waals surface area contributed by atoms with Crippen LogP contribution in [0.1, 0.15) is 139 Å². The van der Waals surface area contributed by atoms with Crippen LogP contribution in [0.5, 0.6) is 0 Å². The Hall–Kier alpha value is -4.33. The van der Waals surface area contributed by atoms with Crippen molar-refractivity contribution >= 4 is 11.8 Å². The van der Waals surface area contributed by atoms with E-state index < -0.39 is 0 Å². The maximum Gasteiger partial charge on any atom is 0.0194 e. The van der Waals surface area contributed by atoms with Crippen LogP contribution in [0.4, 0.5) is 0 Å². The molecular weight excluding hydrogens is 705 g/mol. The van der Waals surface area contributed by atoms with E-state index in [1.807, 2.05) is 11.8 Å². The summed E-state index contributed by atoms with van der Waals surface area (Å²) in [6.07, 6.45) is 1.98. The van der Waals surface area contributed by atoms with Crippen molar-refractivity contribution in [3.63, 3.8) is 0 Å². The molecule has 0 amide bonds. The van der Waals surface area contributed by atoms with Crippen LogP contribution >= 0.6 is 11.8 Å². The van der Waals surface area contributed by atoms with Crippen LogP contribution in [0, 0.1) is 0 Å². The molecule has 292 valence electrons. The van der Waals surface area contributed by atoms with Crippen molar-refractivity contribution in [2.24, 2.45) is 0 Å². The second-order valence-electron chi connectivity index (χ2n) is 20.9. The normalized spacial score (nSPS) is 13.7. The van der Waals surface area contributed by atoms with Crippen LogP contribution in [-0.2, 0) is 46.0 Å². The van der Waals surface area contributed by atoms with Gasteiger partial charge in [-0.1, -0.05) is 192 Å². The average Bonchev–Trinajstić information content (AvgIpc) is 3.72. The monoisotopic (exact) mass is 766 g/mol. The molecule has 0 aliphatic heterocycles. The number of hydrogen-bond acceptors (Lipinski definition) is 1. The second kappa shape index (κ2) is 14.2. The van der Waals surface area contributed by atoms with Crippen LogP contribution in [0.3, 0.4) is 0 Å². The molecule has 6 aromatic rings. The van der Waals surface area contributed by atoms with Gasteiger partial charge in [-0.3, -0.25) is 0 Å². The first-order chi connectivity index (χ1) is 26.8. The number of fused-ring (bicyclic) bond motifs is 6. The summed E-state index contributed by atoms with van der Waals surface area (Å²) in [5, 5.41) is 0. The Morgan fingerprint density at radius 1 is 0.386 bits per heavy atom. The van der Waals surface area contributed by atoms with Crippen LogP contribution in [0.2, 0.25) is 0 Å². The standard InChI is InChI=1S/C56H62S/c1-53(2,3)39-21-23-43-37(29-39)31-47-45(25-27-49(51(43)47)55(7,8)9)41-19-15-13-17-35(41)33-57-34-36-18-14-16-20-42(36)46-26-28-50(56(10,11)12)52-44-24-22-40(54(4,5)6)30-38(44)32-48(46)52/h13-30H,31-34H2,1-12H3. The Kier molecular flexibility index (Phi) is 9.84. The van der Waals surface area contributed by atoms with Gasteiger partial charge in [-0.15, -0.1) is 0 Å². The molecule has 8 rings (SSSR count). The highest BCUT2D eigenvalue weighted by atomic mass is 32.2. The van der Waals surface area contributed by atoms with Crippen molar-refractivity contribution < 1.29 is 0 Å². The van der Waals surface area contributed by atoms with Gasteiger partial charge in [0.25, 0.3) is 0 Å². The van der Waals surface area contributed by atoms with Crippen molar-refractivity contribution in [3.8, 4) is 44.5 Å². The molecule has 2 aliphatic carbocycles. The van der Waals surface area contributed by atoms with E-state index in [0.29, 0.717) is 0 Å². The molecule has 1 heteroatoms. The van der Waals surface area contributed by atoms with Gasteiger partial charge in [0.15, 0.2) is 0 Å². The SMILES string of the molecule is CC(C)(C)c1ccc2c(c1)Cc1c(-c3ccccc3CSCc3ccccc3-c3ccc(C(C)(C)C)c4c3Cc3cc(C(C)(C)C)ccc3-4)ccc(C(C)(C)C)c1-2. The zero-order valence-electron chi connectivity index (χ0n) is 36.6. The van der Waals surface area contributed by atoms with Crippen LogP contribution in [0.15, 0.2) is 109 Å². The fraction of sp³-hybridized carbons (Fsp3) is 0.357. The van der Waals surface area contributed by atoms with Gasteiger partial charge in [0.05, 0.1) is 0 Å². The van der Waals surface area contributed by atoms with E-state index in [4.69, 9.17) is 0 Å². The van der Waals surface area contributed by atoms with Gasteiger partial charge >= 0.3 is 0 Å². The Bertz CT molecular complexity index is 2340. The number of rotatable bonds is 6. The van der Waals surface area contributed by atoms with E-state index in [9.17, 15) is 0 Å². The molecule has 0 saturated carbocycles. The molecular formula is C56H62S. The molecule has 0 bridgehead atoms. The fourth-order valence-corrected chi connectivity index (χ4v) is 10.4. The summed E-state index contributed by atoms with van der Waals surface area (Å²) in [5.74, 6) is 1.92. The third kappa shape index (κ3) is 7.35. The van der Waals surface area contributed by atoms with Crippen molar-refractivity contribution in [1.82, 2.24) is 0 Å². The molecule has 6 aromatic carbocycles. The van der Waals surface area contributed by atoms with Crippen LogP contribution in [-0.4, -0.2) is 0 Å². The minimum absolute atomic E-state index is 0.0566. The number of benzene rings is 6. The smallest absolute Gasteiger partial charge is 0.0194 e. The van der Waals surface area contributed by atoms with Gasteiger partial charge in [0.1, 0.15) is 0 Å². The molecule has 0 spiro atoms. The Morgan fingerprint density at radius 3 is 1.12 bits per heavy atom. The zero-order chi connectivity index (χ0) is 40.7. The average molecular weight is 767 g/mol. The topological polar surface area (TPSA) is 0 Å². The van der Waals surface area contributed by atoms with Crippen molar-refractivity contribution in [3.05, 3.63) is 165 Å². The molecule has 57 heavy (non-hydrogen) atoms. The molecule has 0 aromatic heterocycles. The summed E-state index contributed by atoms with van der Waals surface area (Å²) >= 11 is 2.04. The first-order valence-electron chi connectivity index (χ1n) is 21.2. The lowest BCUT2D eigenvalue weighted by molar-refractivity contribution is 0.589. The summed E-state index contributed by atoms with van der Waals surface area (Å²) in [4.78, 5) is 0. The lowest BCUT2D eigenvalue weighted by atomic mass is 9.79. The first kappa shape index (κ1) is 39.5. The van der Waals surface area contributed by atoms with Gasteiger partial charge in [-0.25, -0.2) is 0 Å². The highest BCUT2D eigenvalue weighted by molar-refractivity contribution is 7.97. The van der Waals surface area contributed by atoms with E-state index in [2.05, 4.69) is 192 Å². The van der Waals surface area contributed by atoms with Gasteiger partial charge in [-0.2, -0.15) is 11.8 Å². The molecule has 0 saturated heterocycles. The maximum absolute atomic E-state index is 2.48. The molecule has 0 N–H and O–H groups in total. The first-order valence-corrected chi connectivity index (χ1v) is 22.3. The minimum Gasteiger partial charge on any atom is -0.152 e. The Balaban J connectivity index is 1.12. The Morgan fingerprint density at radius 2 is 0.754 bits per heavy atom.